The Hall–Kier alpha value is -2.67. The molecule has 2 aliphatic heterocycles. The summed E-state index contributed by atoms with van der Waals surface area (Å²) in [5.41, 5.74) is 0.603. The number of fused-ring (bicyclic) bond motifs is 2. The van der Waals surface area contributed by atoms with Crippen LogP contribution >= 0.6 is 0 Å². The van der Waals surface area contributed by atoms with Gasteiger partial charge in [-0.15, -0.1) is 0 Å². The number of nitrogens with one attached hydrogen (secondary N) is 2. The average Bonchev–Trinajstić information content (AvgIpc) is 3.38. The number of para-hydroxylation sites is 1. The molecular weight excluding hydrogens is 408 g/mol. The molecule has 0 aromatic heterocycles. The van der Waals surface area contributed by atoms with Crippen LogP contribution in [0.1, 0.15) is 57.8 Å². The largest absolute Gasteiger partial charge is 0.481 e. The highest BCUT2D eigenvalue weighted by molar-refractivity contribution is 6.39. The minimum absolute atomic E-state index is 0.217. The zero-order valence-electron chi connectivity index (χ0n) is 18.5. The third kappa shape index (κ3) is 7.19. The molecule has 2 heterocycles. The lowest BCUT2D eigenvalue weighted by atomic mass is 9.75. The third-order valence-corrected chi connectivity index (χ3v) is 6.41. The van der Waals surface area contributed by atoms with Crippen molar-refractivity contribution in [3.8, 4) is 0 Å². The van der Waals surface area contributed by atoms with E-state index in [1.165, 1.54) is 0 Å². The van der Waals surface area contributed by atoms with Crippen LogP contribution in [0.25, 0.3) is 0 Å². The molecule has 3 N–H and O–H groups in total. The van der Waals surface area contributed by atoms with Crippen LogP contribution in [0.4, 0.5) is 5.69 Å². The minimum atomic E-state index is -0.743. The van der Waals surface area contributed by atoms with Gasteiger partial charge in [-0.3, -0.25) is 14.4 Å². The monoisotopic (exact) mass is 442 g/mol. The molecule has 1 aromatic carbocycles. The Morgan fingerprint density at radius 1 is 0.969 bits per heavy atom. The maximum absolute atomic E-state index is 12.0. The van der Waals surface area contributed by atoms with Gasteiger partial charge in [0.15, 0.2) is 0 Å². The third-order valence-electron chi connectivity index (χ3n) is 6.41. The number of hydrogen-bond donors (Lipinski definition) is 3. The Bertz CT molecular complexity index is 795. The van der Waals surface area contributed by atoms with Gasteiger partial charge in [-0.2, -0.15) is 0 Å². The summed E-state index contributed by atoms with van der Waals surface area (Å²) < 4.78 is 6.16. The average molecular weight is 443 g/mol. The number of aliphatic carboxylic acids is 1. The fourth-order valence-electron chi connectivity index (χ4n) is 4.84. The van der Waals surface area contributed by atoms with E-state index in [0.29, 0.717) is 42.7 Å². The highest BCUT2D eigenvalue weighted by atomic mass is 16.5. The summed E-state index contributed by atoms with van der Waals surface area (Å²) in [4.78, 5) is 34.5. The highest BCUT2D eigenvalue weighted by Crippen LogP contribution is 2.47. The topological polar surface area (TPSA) is 105 Å². The van der Waals surface area contributed by atoms with E-state index in [2.05, 4.69) is 22.8 Å². The molecule has 0 spiro atoms. The van der Waals surface area contributed by atoms with Crippen LogP contribution in [-0.2, 0) is 19.1 Å². The normalized spacial score (nSPS) is 24.0. The molecule has 0 saturated carbocycles. The number of ether oxygens (including phenoxy) is 1. The molecular formula is C25H34N2O5. The maximum atomic E-state index is 12.0. The van der Waals surface area contributed by atoms with Gasteiger partial charge in [-0.1, -0.05) is 36.8 Å². The van der Waals surface area contributed by atoms with E-state index < -0.39 is 17.8 Å². The van der Waals surface area contributed by atoms with Gasteiger partial charge < -0.3 is 20.5 Å². The zero-order valence-corrected chi connectivity index (χ0v) is 18.5. The molecule has 2 amide bonds. The second kappa shape index (κ2) is 12.4. The van der Waals surface area contributed by atoms with Crippen LogP contribution in [0.3, 0.4) is 0 Å². The van der Waals surface area contributed by atoms with E-state index in [9.17, 15) is 14.4 Å². The molecule has 32 heavy (non-hydrogen) atoms. The Balaban J connectivity index is 1.32. The van der Waals surface area contributed by atoms with Gasteiger partial charge in [-0.25, -0.2) is 0 Å². The Morgan fingerprint density at radius 2 is 1.72 bits per heavy atom. The molecule has 0 unspecified atom stereocenters. The van der Waals surface area contributed by atoms with E-state index in [1.807, 2.05) is 6.07 Å². The predicted octanol–water partition coefficient (Wildman–Crippen LogP) is 3.91. The van der Waals surface area contributed by atoms with Gasteiger partial charge in [0, 0.05) is 18.7 Å². The van der Waals surface area contributed by atoms with Crippen LogP contribution in [0, 0.1) is 11.8 Å². The Kier molecular flexibility index (Phi) is 9.28. The van der Waals surface area contributed by atoms with Gasteiger partial charge in [0.25, 0.3) is 0 Å². The van der Waals surface area contributed by atoms with Gasteiger partial charge in [-0.05, 0) is 68.9 Å². The number of carboxylic acids is 1. The van der Waals surface area contributed by atoms with Crippen molar-refractivity contribution in [2.75, 3.05) is 11.9 Å². The predicted molar refractivity (Wildman–Crippen MR) is 122 cm³/mol. The first-order valence-electron chi connectivity index (χ1n) is 11.7. The van der Waals surface area contributed by atoms with Gasteiger partial charge in [0.1, 0.15) is 0 Å². The quantitative estimate of drug-likeness (QED) is 0.259. The van der Waals surface area contributed by atoms with Crippen molar-refractivity contribution in [2.45, 2.75) is 70.0 Å². The fraction of sp³-hybridized carbons (Fsp3) is 0.560. The van der Waals surface area contributed by atoms with Crippen molar-refractivity contribution in [2.24, 2.45) is 11.8 Å². The van der Waals surface area contributed by atoms with Gasteiger partial charge in [0.2, 0.25) is 0 Å². The van der Waals surface area contributed by atoms with Crippen LogP contribution < -0.4 is 10.6 Å². The van der Waals surface area contributed by atoms with E-state index >= 15 is 0 Å². The summed E-state index contributed by atoms with van der Waals surface area (Å²) >= 11 is 0. The van der Waals surface area contributed by atoms with Crippen LogP contribution in [0.2, 0.25) is 0 Å². The first kappa shape index (κ1) is 24.0. The van der Waals surface area contributed by atoms with Crippen molar-refractivity contribution in [3.63, 3.8) is 0 Å². The van der Waals surface area contributed by atoms with E-state index in [0.717, 1.165) is 44.9 Å². The number of benzene rings is 1. The van der Waals surface area contributed by atoms with E-state index in [-0.39, 0.29) is 6.42 Å². The Labute approximate surface area is 189 Å². The van der Waals surface area contributed by atoms with Crippen molar-refractivity contribution in [3.05, 3.63) is 42.5 Å². The molecule has 0 radical (unpaired) electrons. The first-order chi connectivity index (χ1) is 15.5. The summed E-state index contributed by atoms with van der Waals surface area (Å²) in [5.74, 6) is -0.936. The summed E-state index contributed by atoms with van der Waals surface area (Å²) in [7, 11) is 0. The van der Waals surface area contributed by atoms with Crippen LogP contribution in [0.5, 0.6) is 0 Å². The molecule has 4 atom stereocenters. The van der Waals surface area contributed by atoms with E-state index in [4.69, 9.17) is 9.84 Å². The van der Waals surface area contributed by atoms with Crippen molar-refractivity contribution >= 4 is 23.5 Å². The second-order valence-electron chi connectivity index (χ2n) is 8.68. The molecule has 2 saturated heterocycles. The minimum Gasteiger partial charge on any atom is -0.481 e. The van der Waals surface area contributed by atoms with Crippen LogP contribution in [-0.4, -0.2) is 41.6 Å². The fourth-order valence-corrected chi connectivity index (χ4v) is 4.84. The van der Waals surface area contributed by atoms with E-state index in [1.54, 1.807) is 24.3 Å². The number of allylic oxidation sites excluding steroid dienone is 2. The smallest absolute Gasteiger partial charge is 0.313 e. The van der Waals surface area contributed by atoms with Crippen molar-refractivity contribution < 1.29 is 24.2 Å². The summed E-state index contributed by atoms with van der Waals surface area (Å²) in [6.07, 6.45) is 12.8. The molecule has 2 bridgehead atoms. The van der Waals surface area contributed by atoms with Gasteiger partial charge >= 0.3 is 17.8 Å². The molecule has 3 rings (SSSR count). The standard InChI is InChI=1S/C25H34N2O5/c28-23(29)14-7-2-1-6-12-19-20(22-16-15-21(19)32-22)13-8-9-17-26-24(30)25(31)27-18-10-4-3-5-11-18/h1,3-6,10-11,19-22H,2,7-9,12-17H2,(H,26,30)(H,27,31)(H,28,29)/b6-1-/t19-,20+,21-,22+/m1/s1. The lowest BCUT2D eigenvalue weighted by Gasteiger charge is -2.27. The molecule has 1 aromatic rings. The summed E-state index contributed by atoms with van der Waals surface area (Å²) in [6, 6.07) is 8.93. The van der Waals surface area contributed by atoms with Crippen molar-refractivity contribution in [1.82, 2.24) is 5.32 Å². The number of rotatable bonds is 12. The molecule has 7 heteroatoms. The van der Waals surface area contributed by atoms with Gasteiger partial charge in [0.05, 0.1) is 12.2 Å². The highest BCUT2D eigenvalue weighted by Gasteiger charge is 2.47. The molecule has 7 nitrogen and oxygen atoms in total. The lowest BCUT2D eigenvalue weighted by Crippen LogP contribution is -2.36. The number of hydrogen-bond acceptors (Lipinski definition) is 4. The number of carboxylic acid groups (broad SMARTS) is 1. The maximum Gasteiger partial charge on any atom is 0.313 e. The van der Waals surface area contributed by atoms with Crippen LogP contribution in [0.15, 0.2) is 42.5 Å². The Morgan fingerprint density at radius 3 is 2.47 bits per heavy atom. The molecule has 0 aliphatic carbocycles. The lowest BCUT2D eigenvalue weighted by molar-refractivity contribution is -0.137. The number of amides is 2. The summed E-state index contributed by atoms with van der Waals surface area (Å²) in [5, 5.41) is 14.0. The molecule has 174 valence electrons. The number of anilines is 1. The number of carbonyl (C=O) groups excluding carboxylic acids is 2. The SMILES string of the molecule is O=C(O)CCC/C=C\C[C@@H]1[C@H](CCCCNC(=O)C(=O)Nc2ccccc2)[C@@H]2CC[C@H]1O2. The number of unbranched alkanes of at least 4 members (excludes halogenated alkanes) is 2. The molecule has 2 fully saturated rings. The zero-order chi connectivity index (χ0) is 22.8. The van der Waals surface area contributed by atoms with Crippen molar-refractivity contribution in [1.29, 1.82) is 0 Å². The second-order valence-corrected chi connectivity index (χ2v) is 8.68. The molecule has 2 aliphatic rings. The number of carbonyl (C=O) groups is 3. The summed E-state index contributed by atoms with van der Waals surface area (Å²) in [6.45, 7) is 0.483. The first-order valence-corrected chi connectivity index (χ1v) is 11.7.